The minimum Gasteiger partial charge on any atom is -0.481 e. The maximum atomic E-state index is 5.02. The van der Waals surface area contributed by atoms with Crippen molar-refractivity contribution in [2.45, 2.75) is 6.42 Å². The molecule has 0 saturated carbocycles. The highest BCUT2D eigenvalue weighted by Gasteiger charge is 2.06. The summed E-state index contributed by atoms with van der Waals surface area (Å²) in [6.07, 6.45) is 2.79. The molecule has 0 amide bonds. The lowest BCUT2D eigenvalue weighted by atomic mass is 10.1. The van der Waals surface area contributed by atoms with E-state index in [4.69, 9.17) is 4.74 Å². The number of pyridine rings is 1. The summed E-state index contributed by atoms with van der Waals surface area (Å²) in [4.78, 5) is 8.49. The highest BCUT2D eigenvalue weighted by molar-refractivity contribution is 5.82. The summed E-state index contributed by atoms with van der Waals surface area (Å²) in [5.41, 5.74) is 2.20. The van der Waals surface area contributed by atoms with E-state index in [0.29, 0.717) is 5.88 Å². The Morgan fingerprint density at radius 2 is 2.33 bits per heavy atom. The van der Waals surface area contributed by atoms with Gasteiger partial charge < -0.3 is 4.74 Å². The summed E-state index contributed by atoms with van der Waals surface area (Å²) in [6, 6.07) is 3.85. The van der Waals surface area contributed by atoms with E-state index >= 15 is 0 Å². The number of ether oxygens (including phenoxy) is 1. The van der Waals surface area contributed by atoms with E-state index in [2.05, 4.69) is 9.98 Å². The van der Waals surface area contributed by atoms with Crippen LogP contribution in [0.25, 0.3) is 0 Å². The summed E-state index contributed by atoms with van der Waals surface area (Å²) in [5.74, 6) is 0.684. The molecule has 0 aliphatic carbocycles. The van der Waals surface area contributed by atoms with Crippen molar-refractivity contribution in [2.75, 3.05) is 13.7 Å². The van der Waals surface area contributed by atoms with Crippen molar-refractivity contribution in [2.24, 2.45) is 4.99 Å². The van der Waals surface area contributed by atoms with Crippen molar-refractivity contribution < 1.29 is 4.74 Å². The van der Waals surface area contributed by atoms with E-state index in [1.54, 1.807) is 7.11 Å². The van der Waals surface area contributed by atoms with Crippen LogP contribution >= 0.6 is 0 Å². The van der Waals surface area contributed by atoms with E-state index in [1.165, 1.54) is 0 Å². The molecule has 1 aliphatic heterocycles. The maximum Gasteiger partial charge on any atom is 0.213 e. The molecule has 2 heterocycles. The van der Waals surface area contributed by atoms with E-state index in [-0.39, 0.29) is 0 Å². The zero-order valence-corrected chi connectivity index (χ0v) is 6.95. The third-order valence-corrected chi connectivity index (χ3v) is 1.90. The van der Waals surface area contributed by atoms with Crippen LogP contribution in [0.15, 0.2) is 17.1 Å². The number of methoxy groups -OCH3 is 1. The minimum absolute atomic E-state index is 0.684. The van der Waals surface area contributed by atoms with Gasteiger partial charge in [0.25, 0.3) is 0 Å². The van der Waals surface area contributed by atoms with Gasteiger partial charge in [-0.15, -0.1) is 0 Å². The SMILES string of the molecule is COc1ccc2c(n1)CCN=C2. The van der Waals surface area contributed by atoms with Crippen LogP contribution in [0.3, 0.4) is 0 Å². The predicted octanol–water partition coefficient (Wildman–Crippen LogP) is 1.07. The molecule has 0 fully saturated rings. The minimum atomic E-state index is 0.684. The summed E-state index contributed by atoms with van der Waals surface area (Å²) < 4.78 is 5.02. The fraction of sp³-hybridized carbons (Fsp3) is 0.333. The number of hydrogen-bond acceptors (Lipinski definition) is 3. The van der Waals surface area contributed by atoms with Crippen LogP contribution in [-0.4, -0.2) is 24.9 Å². The van der Waals surface area contributed by atoms with E-state index in [0.717, 1.165) is 24.2 Å². The van der Waals surface area contributed by atoms with E-state index in [9.17, 15) is 0 Å². The molecule has 0 radical (unpaired) electrons. The molecule has 1 aromatic heterocycles. The Morgan fingerprint density at radius 1 is 1.42 bits per heavy atom. The molecule has 62 valence electrons. The second kappa shape index (κ2) is 2.93. The number of nitrogens with zero attached hydrogens (tertiary/aromatic N) is 2. The van der Waals surface area contributed by atoms with E-state index in [1.807, 2.05) is 18.3 Å². The summed E-state index contributed by atoms with van der Waals surface area (Å²) in [7, 11) is 1.63. The molecule has 0 N–H and O–H groups in total. The summed E-state index contributed by atoms with van der Waals surface area (Å²) >= 11 is 0. The van der Waals surface area contributed by atoms with Gasteiger partial charge in [0.1, 0.15) is 0 Å². The fourth-order valence-electron chi connectivity index (χ4n) is 1.26. The summed E-state index contributed by atoms with van der Waals surface area (Å²) in [5, 5.41) is 0. The Bertz CT molecular complexity index is 320. The van der Waals surface area contributed by atoms with Crippen LogP contribution in [0.1, 0.15) is 11.3 Å². The molecule has 0 unspecified atom stereocenters. The lowest BCUT2D eigenvalue weighted by Gasteiger charge is -2.09. The van der Waals surface area contributed by atoms with Gasteiger partial charge >= 0.3 is 0 Å². The molecule has 0 saturated heterocycles. The molecule has 1 aromatic rings. The van der Waals surface area contributed by atoms with Crippen LogP contribution in [0, 0.1) is 0 Å². The molecular weight excluding hydrogens is 152 g/mol. The van der Waals surface area contributed by atoms with Gasteiger partial charge in [0.05, 0.1) is 12.8 Å². The Morgan fingerprint density at radius 3 is 3.17 bits per heavy atom. The molecule has 3 heteroatoms. The standard InChI is InChI=1S/C9H10N2O/c1-12-9-3-2-7-6-10-5-4-8(7)11-9/h2-3,6H,4-5H2,1H3. The molecule has 3 nitrogen and oxygen atoms in total. The molecular formula is C9H10N2O. The normalized spacial score (nSPS) is 14.1. The summed E-state index contributed by atoms with van der Waals surface area (Å²) in [6.45, 7) is 0.840. The second-order valence-electron chi connectivity index (χ2n) is 2.67. The smallest absolute Gasteiger partial charge is 0.213 e. The molecule has 0 bridgehead atoms. The number of rotatable bonds is 1. The first-order valence-corrected chi connectivity index (χ1v) is 3.94. The average molecular weight is 162 g/mol. The first kappa shape index (κ1) is 7.28. The Balaban J connectivity index is 2.44. The van der Waals surface area contributed by atoms with Crippen molar-refractivity contribution in [1.82, 2.24) is 4.98 Å². The molecule has 1 aliphatic rings. The van der Waals surface area contributed by atoms with Crippen molar-refractivity contribution in [1.29, 1.82) is 0 Å². The zero-order valence-electron chi connectivity index (χ0n) is 6.95. The van der Waals surface area contributed by atoms with Crippen LogP contribution in [0.5, 0.6) is 5.88 Å². The van der Waals surface area contributed by atoms with Gasteiger partial charge in [0.15, 0.2) is 0 Å². The quantitative estimate of drug-likeness (QED) is 0.619. The predicted molar refractivity (Wildman–Crippen MR) is 47.0 cm³/mol. The van der Waals surface area contributed by atoms with Crippen LogP contribution in [-0.2, 0) is 6.42 Å². The van der Waals surface area contributed by atoms with Gasteiger partial charge in [-0.2, -0.15) is 0 Å². The number of fused-ring (bicyclic) bond motifs is 1. The number of hydrogen-bond donors (Lipinski definition) is 0. The van der Waals surface area contributed by atoms with Gasteiger partial charge in [-0.05, 0) is 6.07 Å². The Kier molecular flexibility index (Phi) is 1.78. The topological polar surface area (TPSA) is 34.5 Å². The Labute approximate surface area is 71.1 Å². The monoisotopic (exact) mass is 162 g/mol. The van der Waals surface area contributed by atoms with Crippen molar-refractivity contribution in [3.05, 3.63) is 23.4 Å². The van der Waals surface area contributed by atoms with Gasteiger partial charge in [0.2, 0.25) is 5.88 Å². The van der Waals surface area contributed by atoms with Gasteiger partial charge in [-0.1, -0.05) is 0 Å². The lowest BCUT2D eigenvalue weighted by Crippen LogP contribution is -2.06. The molecule has 0 atom stereocenters. The van der Waals surface area contributed by atoms with Crippen molar-refractivity contribution in [3.8, 4) is 5.88 Å². The highest BCUT2D eigenvalue weighted by atomic mass is 16.5. The first-order valence-electron chi connectivity index (χ1n) is 3.94. The van der Waals surface area contributed by atoms with Gasteiger partial charge in [0, 0.05) is 30.8 Å². The number of aromatic nitrogens is 1. The first-order chi connectivity index (χ1) is 5.90. The van der Waals surface area contributed by atoms with Crippen molar-refractivity contribution in [3.63, 3.8) is 0 Å². The highest BCUT2D eigenvalue weighted by Crippen LogP contribution is 2.14. The fourth-order valence-corrected chi connectivity index (χ4v) is 1.26. The van der Waals surface area contributed by atoms with Gasteiger partial charge in [-0.3, -0.25) is 4.99 Å². The third kappa shape index (κ3) is 1.18. The molecule has 12 heavy (non-hydrogen) atoms. The van der Waals surface area contributed by atoms with Crippen LogP contribution in [0.2, 0.25) is 0 Å². The maximum absolute atomic E-state index is 5.02. The average Bonchev–Trinajstić information content (AvgIpc) is 2.17. The van der Waals surface area contributed by atoms with Crippen molar-refractivity contribution >= 4 is 6.21 Å². The van der Waals surface area contributed by atoms with Crippen LogP contribution < -0.4 is 4.74 Å². The third-order valence-electron chi connectivity index (χ3n) is 1.90. The van der Waals surface area contributed by atoms with Crippen LogP contribution in [0.4, 0.5) is 0 Å². The number of aliphatic imine (C=N–C) groups is 1. The lowest BCUT2D eigenvalue weighted by molar-refractivity contribution is 0.396. The molecule has 0 aromatic carbocycles. The Hall–Kier alpha value is -1.38. The zero-order chi connectivity index (χ0) is 8.39. The largest absolute Gasteiger partial charge is 0.481 e. The molecule has 2 rings (SSSR count). The second-order valence-corrected chi connectivity index (χ2v) is 2.67. The van der Waals surface area contributed by atoms with E-state index < -0.39 is 0 Å². The molecule has 0 spiro atoms. The van der Waals surface area contributed by atoms with Gasteiger partial charge in [-0.25, -0.2) is 4.98 Å².